The van der Waals surface area contributed by atoms with Crippen molar-refractivity contribution in [2.45, 2.75) is 26.2 Å². The number of nitrogens with two attached hydrogens (primary N) is 1. The van der Waals surface area contributed by atoms with E-state index in [1.807, 2.05) is 4.90 Å². The topological polar surface area (TPSA) is 153 Å². The second-order valence-electron chi connectivity index (χ2n) is 4.27. The summed E-state index contributed by atoms with van der Waals surface area (Å²) in [6.45, 7) is 3.18. The Hall–Kier alpha value is -1.72. The summed E-state index contributed by atoms with van der Waals surface area (Å²) >= 11 is 0. The zero-order valence-corrected chi connectivity index (χ0v) is 11.7. The fourth-order valence-corrected chi connectivity index (χ4v) is 2.32. The third-order valence-corrected chi connectivity index (χ3v) is 3.12. The van der Waals surface area contributed by atoms with Gasteiger partial charge in [-0.05, 0) is 24.0 Å². The Bertz CT molecular complexity index is 549. The summed E-state index contributed by atoms with van der Waals surface area (Å²) in [5.74, 6) is 0.432. The Morgan fingerprint density at radius 1 is 1.30 bits per heavy atom. The molecule has 2 rings (SSSR count). The molecule has 1 aromatic heterocycles. The molecule has 0 atom stereocenters. The molecule has 114 valence electrons. The lowest BCUT2D eigenvalue weighted by Gasteiger charge is -2.24. The molecule has 0 spiro atoms. The summed E-state index contributed by atoms with van der Waals surface area (Å²) in [6, 6.07) is 0. The molecule has 0 saturated carbocycles. The predicted octanol–water partition coefficient (Wildman–Crippen LogP) is -1.30. The average molecular weight is 307 g/mol. The van der Waals surface area contributed by atoms with Gasteiger partial charge in [-0.3, -0.25) is 4.55 Å². The van der Waals surface area contributed by atoms with Crippen molar-refractivity contribution in [3.63, 3.8) is 0 Å². The van der Waals surface area contributed by atoms with E-state index in [0.29, 0.717) is 10.7 Å². The molecule has 1 aromatic rings. The highest BCUT2D eigenvalue weighted by Gasteiger charge is 2.25. The number of hydrogen-bond acceptors (Lipinski definition) is 8. The molecule has 0 aliphatic carbocycles. The summed E-state index contributed by atoms with van der Waals surface area (Å²) in [7, 11) is -4.67. The largest absolute Gasteiger partial charge is 0.870 e. The molecule has 0 aromatic carbocycles. The quantitative estimate of drug-likeness (QED) is 0.512. The number of piperidine rings is 1. The molecule has 0 radical (unpaired) electrons. The first kappa shape index (κ1) is 16.3. The monoisotopic (exact) mass is 307 g/mol. The molecule has 11 heteroatoms. The zero-order chi connectivity index (χ0) is 14.0. The van der Waals surface area contributed by atoms with Crippen molar-refractivity contribution in [1.29, 1.82) is 0 Å². The van der Waals surface area contributed by atoms with E-state index < -0.39 is 10.4 Å². The Kier molecular flexibility index (Phi) is 5.03. The van der Waals surface area contributed by atoms with Crippen LogP contribution >= 0.6 is 0 Å². The van der Waals surface area contributed by atoms with Crippen molar-refractivity contribution >= 4 is 22.3 Å². The molecular formula is C9H17N5O5S. The summed E-state index contributed by atoms with van der Waals surface area (Å²) in [5.41, 5.74) is 5.62. The van der Waals surface area contributed by atoms with E-state index in [9.17, 15) is 8.42 Å². The van der Waals surface area contributed by atoms with Gasteiger partial charge in [0, 0.05) is 20.0 Å². The van der Waals surface area contributed by atoms with Crippen LogP contribution in [-0.2, 0) is 10.4 Å². The summed E-state index contributed by atoms with van der Waals surface area (Å²) < 4.78 is 35.0. The van der Waals surface area contributed by atoms with Gasteiger partial charge in [-0.1, -0.05) is 9.97 Å². The molecule has 1 aliphatic rings. The van der Waals surface area contributed by atoms with Gasteiger partial charge in [0.05, 0.1) is 0 Å². The lowest BCUT2D eigenvalue weighted by Crippen LogP contribution is -2.52. The molecule has 20 heavy (non-hydrogen) atoms. The van der Waals surface area contributed by atoms with Gasteiger partial charge >= 0.3 is 22.3 Å². The van der Waals surface area contributed by atoms with Gasteiger partial charge in [-0.25, -0.2) is 4.28 Å². The Labute approximate surface area is 116 Å². The first-order valence-corrected chi connectivity index (χ1v) is 7.22. The second kappa shape index (κ2) is 6.15. The predicted molar refractivity (Wildman–Crippen MR) is 67.5 cm³/mol. The normalized spacial score (nSPS) is 15.6. The van der Waals surface area contributed by atoms with Gasteiger partial charge in [0.25, 0.3) is 5.82 Å². The van der Waals surface area contributed by atoms with Crippen LogP contribution in [-0.4, -0.2) is 41.5 Å². The molecule has 1 fully saturated rings. The third kappa shape index (κ3) is 3.88. The molecule has 1 saturated heterocycles. The number of aryl methyl sites for hydroxylation is 1. The van der Waals surface area contributed by atoms with Crippen LogP contribution in [0, 0.1) is 6.92 Å². The van der Waals surface area contributed by atoms with Gasteiger partial charge < -0.3 is 16.1 Å². The number of nitrogens with zero attached hydrogens (tertiary/aromatic N) is 4. The van der Waals surface area contributed by atoms with Crippen molar-refractivity contribution < 1.29 is 27.5 Å². The van der Waals surface area contributed by atoms with Crippen molar-refractivity contribution in [3.05, 3.63) is 5.82 Å². The standard InChI is InChI=1S/C9H15N5O4S.H2O/c1-7-11-9(13-5-3-2-4-6-13)12-8(10)14(7)18-19(15,16)17;/h10H,2-6H2,1H3,(H,15,16,17);1H2. The second-order valence-corrected chi connectivity index (χ2v) is 5.28. The summed E-state index contributed by atoms with van der Waals surface area (Å²) in [5, 5.41) is 0. The van der Waals surface area contributed by atoms with Crippen molar-refractivity contribution in [1.82, 2.24) is 9.97 Å². The van der Waals surface area contributed by atoms with E-state index in [2.05, 4.69) is 14.3 Å². The molecule has 0 amide bonds. The number of anilines is 2. The maximum atomic E-state index is 10.7. The highest BCUT2D eigenvalue weighted by Crippen LogP contribution is 2.15. The first-order valence-electron chi connectivity index (χ1n) is 5.85. The molecule has 0 bridgehead atoms. The average Bonchev–Trinajstić information content (AvgIpc) is 2.33. The lowest BCUT2D eigenvalue weighted by molar-refractivity contribution is -0.853. The van der Waals surface area contributed by atoms with Gasteiger partial charge in [0.1, 0.15) is 0 Å². The fourth-order valence-electron chi connectivity index (χ4n) is 1.95. The molecule has 0 unspecified atom stereocenters. The minimum absolute atomic E-state index is 0. The van der Waals surface area contributed by atoms with Gasteiger partial charge in [0.15, 0.2) is 0 Å². The number of aromatic nitrogens is 3. The molecule has 10 nitrogen and oxygen atoms in total. The summed E-state index contributed by atoms with van der Waals surface area (Å²) in [6.07, 6.45) is 3.28. The van der Waals surface area contributed by atoms with Gasteiger partial charge in [-0.2, -0.15) is 8.42 Å². The van der Waals surface area contributed by atoms with Crippen LogP contribution in [0.15, 0.2) is 0 Å². The SMILES string of the molecule is Cc1nc(N2CCCCC2)nc(N)[n+]1OS(=O)(=O)O.[OH-]. The highest BCUT2D eigenvalue weighted by atomic mass is 32.3. The number of rotatable bonds is 3. The number of hydrogen-bond donors (Lipinski definition) is 2. The van der Waals surface area contributed by atoms with E-state index in [-0.39, 0.29) is 17.2 Å². The Morgan fingerprint density at radius 2 is 1.90 bits per heavy atom. The molecule has 1 aliphatic heterocycles. The van der Waals surface area contributed by atoms with Crippen molar-refractivity contribution in [3.8, 4) is 0 Å². The van der Waals surface area contributed by atoms with Crippen LogP contribution in [0.2, 0.25) is 0 Å². The van der Waals surface area contributed by atoms with Crippen LogP contribution in [0.25, 0.3) is 0 Å². The molecule has 4 N–H and O–H groups in total. The Morgan fingerprint density at radius 3 is 2.40 bits per heavy atom. The zero-order valence-electron chi connectivity index (χ0n) is 10.9. The summed E-state index contributed by atoms with van der Waals surface area (Å²) in [4.78, 5) is 10.1. The van der Waals surface area contributed by atoms with E-state index in [1.54, 1.807) is 0 Å². The van der Waals surface area contributed by atoms with E-state index in [1.165, 1.54) is 13.3 Å². The molecular weight excluding hydrogens is 290 g/mol. The van der Waals surface area contributed by atoms with E-state index in [4.69, 9.17) is 10.3 Å². The number of nitrogen functional groups attached to an aromatic ring is 1. The smallest absolute Gasteiger partial charge is 0.474 e. The lowest BCUT2D eigenvalue weighted by atomic mass is 10.1. The van der Waals surface area contributed by atoms with Crippen molar-refractivity contribution in [2.75, 3.05) is 23.7 Å². The van der Waals surface area contributed by atoms with Crippen molar-refractivity contribution in [2.24, 2.45) is 0 Å². The fraction of sp³-hybridized carbons (Fsp3) is 0.667. The van der Waals surface area contributed by atoms with Gasteiger partial charge in [0.2, 0.25) is 0 Å². The van der Waals surface area contributed by atoms with Crippen LogP contribution in [0.3, 0.4) is 0 Å². The minimum Gasteiger partial charge on any atom is -0.870 e. The maximum absolute atomic E-state index is 10.7. The molecule has 2 heterocycles. The van der Waals surface area contributed by atoms with Crippen LogP contribution in [0.1, 0.15) is 25.1 Å². The van der Waals surface area contributed by atoms with Crippen LogP contribution in [0.4, 0.5) is 11.9 Å². The Balaban J connectivity index is 0.00000200. The van der Waals surface area contributed by atoms with Crippen LogP contribution < -0.4 is 19.6 Å². The minimum atomic E-state index is -4.67. The highest BCUT2D eigenvalue weighted by molar-refractivity contribution is 7.80. The van der Waals surface area contributed by atoms with Crippen LogP contribution in [0.5, 0.6) is 0 Å². The third-order valence-electron chi connectivity index (χ3n) is 2.79. The van der Waals surface area contributed by atoms with E-state index >= 15 is 0 Å². The maximum Gasteiger partial charge on any atom is 0.474 e. The van der Waals surface area contributed by atoms with E-state index in [0.717, 1.165) is 25.9 Å². The first-order chi connectivity index (χ1) is 8.87. The van der Waals surface area contributed by atoms with Gasteiger partial charge in [-0.15, -0.1) is 0 Å².